The molecule has 1 heterocycles. The zero-order valence-electron chi connectivity index (χ0n) is 19.7. The van der Waals surface area contributed by atoms with Gasteiger partial charge in [-0.2, -0.15) is 0 Å². The molecule has 3 aromatic carbocycles. The fourth-order valence-electron chi connectivity index (χ4n) is 3.73. The summed E-state index contributed by atoms with van der Waals surface area (Å²) in [6.45, 7) is 3.89. The molecule has 35 heavy (non-hydrogen) atoms. The highest BCUT2D eigenvalue weighted by Crippen LogP contribution is 2.34. The number of rotatable bonds is 8. The standard InChI is InChI=1S/C27H26N2O4S2/c1-19(2)24-16-15-23(17-25(24)27(30)33-3)35(31,32)29(22-10-5-4-6-11-22)34-18-21-14-13-20-9-7-8-12-26(20)28-21/h4-17,19H,18H2,1-3H3. The minimum atomic E-state index is -4.01. The number of ether oxygens (including phenoxy) is 1. The molecule has 0 unspecified atom stereocenters. The van der Waals surface area contributed by atoms with Crippen LogP contribution in [0.5, 0.6) is 0 Å². The van der Waals surface area contributed by atoms with Crippen molar-refractivity contribution < 1.29 is 17.9 Å². The lowest BCUT2D eigenvalue weighted by Crippen LogP contribution is -2.25. The molecule has 6 nitrogen and oxygen atoms in total. The number of sulfonamides is 1. The number of benzene rings is 3. The third-order valence-corrected chi connectivity index (χ3v) is 8.79. The molecular weight excluding hydrogens is 480 g/mol. The van der Waals surface area contributed by atoms with Crippen LogP contribution in [0.2, 0.25) is 0 Å². The summed E-state index contributed by atoms with van der Waals surface area (Å²) in [6.07, 6.45) is 0. The van der Waals surface area contributed by atoms with E-state index in [4.69, 9.17) is 4.74 Å². The lowest BCUT2D eigenvalue weighted by atomic mass is 9.97. The van der Waals surface area contributed by atoms with Crippen molar-refractivity contribution in [3.05, 3.63) is 102 Å². The van der Waals surface area contributed by atoms with Gasteiger partial charge in [0.25, 0.3) is 10.0 Å². The summed E-state index contributed by atoms with van der Waals surface area (Å²) in [6, 6.07) is 25.2. The van der Waals surface area contributed by atoms with Gasteiger partial charge in [-0.25, -0.2) is 16.9 Å². The van der Waals surface area contributed by atoms with Gasteiger partial charge in [-0.15, -0.1) is 0 Å². The molecule has 4 rings (SSSR count). The fraction of sp³-hybridized carbons (Fsp3) is 0.185. The molecule has 0 fully saturated rings. The lowest BCUT2D eigenvalue weighted by molar-refractivity contribution is 0.0598. The molecule has 0 saturated carbocycles. The number of hydrogen-bond donors (Lipinski definition) is 0. The van der Waals surface area contributed by atoms with Gasteiger partial charge in [0.05, 0.1) is 40.2 Å². The van der Waals surface area contributed by atoms with Gasteiger partial charge in [-0.1, -0.05) is 62.4 Å². The molecule has 1 aromatic heterocycles. The number of carbonyl (C=O) groups excluding carboxylic acids is 1. The highest BCUT2D eigenvalue weighted by molar-refractivity contribution is 8.14. The van der Waals surface area contributed by atoms with Crippen LogP contribution in [0, 0.1) is 0 Å². The number of methoxy groups -OCH3 is 1. The number of carbonyl (C=O) groups is 1. The minimum absolute atomic E-state index is 0.0186. The van der Waals surface area contributed by atoms with Gasteiger partial charge in [0, 0.05) is 5.39 Å². The van der Waals surface area contributed by atoms with Crippen LogP contribution in [0.1, 0.15) is 41.4 Å². The quantitative estimate of drug-likeness (QED) is 0.210. The molecule has 0 amide bonds. The first-order chi connectivity index (χ1) is 16.8. The zero-order chi connectivity index (χ0) is 25.0. The molecule has 4 aromatic rings. The van der Waals surface area contributed by atoms with Crippen LogP contribution in [0.4, 0.5) is 5.69 Å². The second-order valence-electron chi connectivity index (χ2n) is 8.23. The van der Waals surface area contributed by atoms with Gasteiger partial charge in [0.2, 0.25) is 0 Å². The Bertz CT molecular complexity index is 1450. The first-order valence-corrected chi connectivity index (χ1v) is 13.5. The van der Waals surface area contributed by atoms with Crippen molar-refractivity contribution in [2.75, 3.05) is 10.8 Å². The van der Waals surface area contributed by atoms with Crippen LogP contribution in [0.25, 0.3) is 10.9 Å². The second-order valence-corrected chi connectivity index (χ2v) is 11.2. The first-order valence-electron chi connectivity index (χ1n) is 11.1. The summed E-state index contributed by atoms with van der Waals surface area (Å²) < 4.78 is 33.9. The molecule has 0 N–H and O–H groups in total. The number of nitrogens with zero attached hydrogens (tertiary/aromatic N) is 2. The van der Waals surface area contributed by atoms with E-state index in [0.29, 0.717) is 11.4 Å². The number of esters is 1. The van der Waals surface area contributed by atoms with Crippen molar-refractivity contribution >= 4 is 44.5 Å². The molecular formula is C27H26N2O4S2. The van der Waals surface area contributed by atoms with E-state index in [9.17, 15) is 13.2 Å². The van der Waals surface area contributed by atoms with Crippen molar-refractivity contribution in [2.24, 2.45) is 0 Å². The maximum atomic E-state index is 13.8. The Balaban J connectivity index is 1.72. The van der Waals surface area contributed by atoms with Gasteiger partial charge < -0.3 is 4.74 Å². The predicted octanol–water partition coefficient (Wildman–Crippen LogP) is 6.19. The highest BCUT2D eigenvalue weighted by atomic mass is 32.3. The minimum Gasteiger partial charge on any atom is -0.465 e. The van der Waals surface area contributed by atoms with Gasteiger partial charge >= 0.3 is 5.97 Å². The molecule has 0 atom stereocenters. The van der Waals surface area contributed by atoms with Crippen molar-refractivity contribution in [2.45, 2.75) is 30.4 Å². The summed E-state index contributed by atoms with van der Waals surface area (Å²) in [7, 11) is -2.72. The molecule has 0 aliphatic rings. The maximum Gasteiger partial charge on any atom is 0.338 e. The van der Waals surface area contributed by atoms with Crippen LogP contribution in [-0.2, 0) is 20.5 Å². The van der Waals surface area contributed by atoms with E-state index in [1.165, 1.54) is 16.9 Å². The van der Waals surface area contributed by atoms with Crippen molar-refractivity contribution in [3.63, 3.8) is 0 Å². The van der Waals surface area contributed by atoms with E-state index < -0.39 is 16.0 Å². The molecule has 0 bridgehead atoms. The van der Waals surface area contributed by atoms with Crippen LogP contribution >= 0.6 is 11.9 Å². The van der Waals surface area contributed by atoms with Gasteiger partial charge in [-0.05, 0) is 59.8 Å². The predicted molar refractivity (Wildman–Crippen MR) is 141 cm³/mol. The Kier molecular flexibility index (Phi) is 7.42. The third-order valence-electron chi connectivity index (χ3n) is 5.52. The largest absolute Gasteiger partial charge is 0.465 e. The van der Waals surface area contributed by atoms with Crippen LogP contribution in [-0.4, -0.2) is 26.5 Å². The Morgan fingerprint density at radius 3 is 2.40 bits per heavy atom. The van der Waals surface area contributed by atoms with E-state index in [0.717, 1.165) is 34.1 Å². The lowest BCUT2D eigenvalue weighted by Gasteiger charge is -2.24. The Hall–Kier alpha value is -3.36. The summed E-state index contributed by atoms with van der Waals surface area (Å²) in [5.41, 5.74) is 3.10. The third kappa shape index (κ3) is 5.33. The van der Waals surface area contributed by atoms with Crippen molar-refractivity contribution in [3.8, 4) is 0 Å². The molecule has 180 valence electrons. The van der Waals surface area contributed by atoms with Crippen molar-refractivity contribution in [1.82, 2.24) is 4.98 Å². The topological polar surface area (TPSA) is 76.6 Å². The molecule has 0 spiro atoms. The van der Waals surface area contributed by atoms with Gasteiger partial charge in [-0.3, -0.25) is 4.98 Å². The Morgan fingerprint density at radius 2 is 1.69 bits per heavy atom. The monoisotopic (exact) mass is 506 g/mol. The Morgan fingerprint density at radius 1 is 0.971 bits per heavy atom. The zero-order valence-corrected chi connectivity index (χ0v) is 21.3. The normalized spacial score (nSPS) is 11.5. The number of pyridine rings is 1. The average Bonchev–Trinajstić information content (AvgIpc) is 2.88. The van der Waals surface area contributed by atoms with Gasteiger partial charge in [0.15, 0.2) is 0 Å². The number of hydrogen-bond acceptors (Lipinski definition) is 6. The number of anilines is 1. The molecule has 0 saturated heterocycles. The smallest absolute Gasteiger partial charge is 0.338 e. The molecule has 0 radical (unpaired) electrons. The summed E-state index contributed by atoms with van der Waals surface area (Å²) in [4.78, 5) is 17.1. The van der Waals surface area contributed by atoms with Crippen LogP contribution in [0.3, 0.4) is 0 Å². The number of para-hydroxylation sites is 2. The first kappa shape index (κ1) is 24.8. The van der Waals surface area contributed by atoms with E-state index in [1.807, 2.05) is 56.3 Å². The van der Waals surface area contributed by atoms with E-state index in [1.54, 1.807) is 36.4 Å². The van der Waals surface area contributed by atoms with Crippen LogP contribution in [0.15, 0.2) is 89.8 Å². The number of aromatic nitrogens is 1. The van der Waals surface area contributed by atoms with E-state index in [-0.39, 0.29) is 16.4 Å². The van der Waals surface area contributed by atoms with Gasteiger partial charge in [0.1, 0.15) is 0 Å². The molecule has 0 aliphatic heterocycles. The average molecular weight is 507 g/mol. The summed E-state index contributed by atoms with van der Waals surface area (Å²) >= 11 is 1.14. The van der Waals surface area contributed by atoms with Crippen LogP contribution < -0.4 is 3.71 Å². The fourth-order valence-corrected chi connectivity index (χ4v) is 6.48. The summed E-state index contributed by atoms with van der Waals surface area (Å²) in [5, 5.41) is 1.02. The maximum absolute atomic E-state index is 13.8. The second kappa shape index (κ2) is 10.5. The highest BCUT2D eigenvalue weighted by Gasteiger charge is 2.28. The van der Waals surface area contributed by atoms with E-state index in [2.05, 4.69) is 4.98 Å². The molecule has 0 aliphatic carbocycles. The summed E-state index contributed by atoms with van der Waals surface area (Å²) in [5.74, 6) is -0.197. The molecule has 8 heteroatoms. The Labute approximate surface area is 210 Å². The SMILES string of the molecule is COC(=O)c1cc(S(=O)(=O)N(SCc2ccc3ccccc3n2)c2ccccc2)ccc1C(C)C. The van der Waals surface area contributed by atoms with Crippen molar-refractivity contribution in [1.29, 1.82) is 0 Å². The number of fused-ring (bicyclic) bond motifs is 1. The van der Waals surface area contributed by atoms with E-state index >= 15 is 0 Å².